The first-order valence-electron chi connectivity index (χ1n) is 4.64. The molecule has 2 nitrogen and oxygen atoms in total. The molecule has 1 aliphatic carbocycles. The molecule has 0 heterocycles. The number of aliphatic hydroxyl groups excluding tert-OH is 1. The molecule has 0 aliphatic heterocycles. The molecular weight excluding hydrogens is 150 g/mol. The summed E-state index contributed by atoms with van der Waals surface area (Å²) in [6, 6.07) is 0.109. The minimum absolute atomic E-state index is 0.0613. The van der Waals surface area contributed by atoms with Gasteiger partial charge in [0.1, 0.15) is 0 Å². The first-order chi connectivity index (χ1) is 5.62. The van der Waals surface area contributed by atoms with Gasteiger partial charge in [0.05, 0.1) is 6.61 Å². The van der Waals surface area contributed by atoms with Crippen molar-refractivity contribution < 1.29 is 5.11 Å². The zero-order chi connectivity index (χ0) is 9.19. The summed E-state index contributed by atoms with van der Waals surface area (Å²) in [6.07, 6.45) is 6.11. The summed E-state index contributed by atoms with van der Waals surface area (Å²) in [7, 11) is 0. The third-order valence-electron chi connectivity index (χ3n) is 2.96. The van der Waals surface area contributed by atoms with Crippen LogP contribution in [0.15, 0.2) is 12.2 Å². The van der Waals surface area contributed by atoms with Gasteiger partial charge < -0.3 is 10.8 Å². The smallest absolute Gasteiger partial charge is 0.0508 e. The lowest BCUT2D eigenvalue weighted by atomic mass is 9.74. The molecule has 0 saturated carbocycles. The van der Waals surface area contributed by atoms with Crippen LogP contribution in [0.3, 0.4) is 0 Å². The molecule has 0 spiro atoms. The van der Waals surface area contributed by atoms with Crippen LogP contribution >= 0.6 is 0 Å². The largest absolute Gasteiger partial charge is 0.396 e. The molecule has 0 saturated heterocycles. The van der Waals surface area contributed by atoms with Gasteiger partial charge >= 0.3 is 0 Å². The molecular formula is C10H19NO. The molecule has 0 amide bonds. The highest BCUT2D eigenvalue weighted by Gasteiger charge is 2.37. The van der Waals surface area contributed by atoms with Gasteiger partial charge in [0.15, 0.2) is 0 Å². The zero-order valence-corrected chi connectivity index (χ0v) is 7.96. The molecule has 3 N–H and O–H groups in total. The summed E-state index contributed by atoms with van der Waals surface area (Å²) in [5.41, 5.74) is 6.01. The molecule has 0 radical (unpaired) electrons. The van der Waals surface area contributed by atoms with Gasteiger partial charge in [-0.05, 0) is 18.8 Å². The fourth-order valence-corrected chi connectivity index (χ4v) is 1.93. The normalized spacial score (nSPS) is 23.4. The second-order valence-electron chi connectivity index (χ2n) is 4.17. The second kappa shape index (κ2) is 3.58. The molecule has 2 heteroatoms. The van der Waals surface area contributed by atoms with E-state index in [0.29, 0.717) is 5.92 Å². The van der Waals surface area contributed by atoms with Crippen LogP contribution in [-0.4, -0.2) is 17.8 Å². The van der Waals surface area contributed by atoms with E-state index >= 15 is 0 Å². The van der Waals surface area contributed by atoms with Crippen molar-refractivity contribution >= 4 is 0 Å². The molecule has 0 aromatic rings. The summed E-state index contributed by atoms with van der Waals surface area (Å²) in [6.45, 7) is 4.43. The highest BCUT2D eigenvalue weighted by molar-refractivity contribution is 5.07. The van der Waals surface area contributed by atoms with Crippen LogP contribution in [-0.2, 0) is 0 Å². The maximum Gasteiger partial charge on any atom is 0.0508 e. The highest BCUT2D eigenvalue weighted by Crippen LogP contribution is 2.37. The summed E-state index contributed by atoms with van der Waals surface area (Å²) in [5.74, 6) is 0.442. The average Bonchev–Trinajstić information content (AvgIpc) is 2.52. The highest BCUT2D eigenvalue weighted by atomic mass is 16.3. The van der Waals surface area contributed by atoms with Gasteiger partial charge in [0.2, 0.25) is 0 Å². The zero-order valence-electron chi connectivity index (χ0n) is 7.96. The van der Waals surface area contributed by atoms with E-state index in [2.05, 4.69) is 26.0 Å². The topological polar surface area (TPSA) is 46.2 Å². The molecule has 1 atom stereocenters. The van der Waals surface area contributed by atoms with Gasteiger partial charge in [0.25, 0.3) is 0 Å². The Balaban J connectivity index is 2.67. The van der Waals surface area contributed by atoms with Crippen LogP contribution in [0.5, 0.6) is 0 Å². The van der Waals surface area contributed by atoms with Gasteiger partial charge in [-0.1, -0.05) is 26.0 Å². The second-order valence-corrected chi connectivity index (χ2v) is 4.17. The number of rotatable bonds is 3. The van der Waals surface area contributed by atoms with E-state index in [9.17, 15) is 5.11 Å². The van der Waals surface area contributed by atoms with Crippen molar-refractivity contribution in [3.63, 3.8) is 0 Å². The Hall–Kier alpha value is -0.340. The summed E-state index contributed by atoms with van der Waals surface area (Å²) in [4.78, 5) is 0. The van der Waals surface area contributed by atoms with Crippen LogP contribution in [0.1, 0.15) is 26.7 Å². The number of hydrogen-bond donors (Lipinski definition) is 2. The van der Waals surface area contributed by atoms with E-state index in [4.69, 9.17) is 5.73 Å². The third-order valence-corrected chi connectivity index (χ3v) is 2.96. The number of aliphatic hydroxyl groups is 1. The molecule has 0 aromatic heterocycles. The number of allylic oxidation sites excluding steroid dienone is 2. The number of hydrogen-bond acceptors (Lipinski definition) is 2. The summed E-state index contributed by atoms with van der Waals surface area (Å²) in [5, 5.41) is 9.32. The van der Waals surface area contributed by atoms with Gasteiger partial charge in [-0.25, -0.2) is 0 Å². The fourth-order valence-electron chi connectivity index (χ4n) is 1.93. The molecule has 12 heavy (non-hydrogen) atoms. The van der Waals surface area contributed by atoms with Crippen molar-refractivity contribution in [1.82, 2.24) is 0 Å². The maximum absolute atomic E-state index is 9.32. The predicted molar refractivity (Wildman–Crippen MR) is 50.7 cm³/mol. The lowest BCUT2D eigenvalue weighted by molar-refractivity contribution is 0.0897. The van der Waals surface area contributed by atoms with Crippen molar-refractivity contribution in [2.24, 2.45) is 17.1 Å². The van der Waals surface area contributed by atoms with Gasteiger partial charge in [-0.15, -0.1) is 0 Å². The van der Waals surface area contributed by atoms with Crippen molar-refractivity contribution in [2.45, 2.75) is 32.7 Å². The molecule has 0 aromatic carbocycles. The average molecular weight is 169 g/mol. The SMILES string of the molecule is CC(C)C(N)C1(CO)CC=CC1. The third kappa shape index (κ3) is 1.54. The van der Waals surface area contributed by atoms with E-state index in [1.54, 1.807) is 0 Å². The van der Waals surface area contributed by atoms with Crippen molar-refractivity contribution in [3.05, 3.63) is 12.2 Å². The van der Waals surface area contributed by atoms with Crippen LogP contribution in [0.25, 0.3) is 0 Å². The first kappa shape index (κ1) is 9.75. The molecule has 0 fully saturated rings. The van der Waals surface area contributed by atoms with Gasteiger partial charge in [-0.2, -0.15) is 0 Å². The predicted octanol–water partition coefficient (Wildman–Crippen LogP) is 1.30. The Morgan fingerprint density at radius 1 is 1.42 bits per heavy atom. The monoisotopic (exact) mass is 169 g/mol. The Morgan fingerprint density at radius 2 is 1.92 bits per heavy atom. The van der Waals surface area contributed by atoms with E-state index in [1.807, 2.05) is 0 Å². The van der Waals surface area contributed by atoms with Crippen molar-refractivity contribution in [2.75, 3.05) is 6.61 Å². The first-order valence-corrected chi connectivity index (χ1v) is 4.64. The fraction of sp³-hybridized carbons (Fsp3) is 0.800. The molecule has 1 aliphatic rings. The summed E-state index contributed by atoms with van der Waals surface area (Å²) >= 11 is 0. The molecule has 1 rings (SSSR count). The van der Waals surface area contributed by atoms with E-state index < -0.39 is 0 Å². The standard InChI is InChI=1S/C10H19NO/c1-8(2)9(11)10(7-12)5-3-4-6-10/h3-4,8-9,12H,5-7,11H2,1-2H3. The maximum atomic E-state index is 9.32. The Kier molecular flexibility index (Phi) is 2.91. The van der Waals surface area contributed by atoms with Gasteiger partial charge in [0, 0.05) is 11.5 Å². The lowest BCUT2D eigenvalue weighted by Gasteiger charge is -2.35. The van der Waals surface area contributed by atoms with Crippen molar-refractivity contribution in [3.8, 4) is 0 Å². The lowest BCUT2D eigenvalue weighted by Crippen LogP contribution is -2.46. The van der Waals surface area contributed by atoms with Crippen LogP contribution in [0, 0.1) is 11.3 Å². The quantitative estimate of drug-likeness (QED) is 0.625. The minimum Gasteiger partial charge on any atom is -0.396 e. The number of nitrogens with two attached hydrogens (primary N) is 1. The van der Waals surface area contributed by atoms with Crippen LogP contribution in [0.2, 0.25) is 0 Å². The Bertz CT molecular complexity index is 167. The van der Waals surface area contributed by atoms with Crippen LogP contribution < -0.4 is 5.73 Å². The van der Waals surface area contributed by atoms with E-state index in [1.165, 1.54) is 0 Å². The minimum atomic E-state index is -0.0613. The summed E-state index contributed by atoms with van der Waals surface area (Å²) < 4.78 is 0. The van der Waals surface area contributed by atoms with Crippen molar-refractivity contribution in [1.29, 1.82) is 0 Å². The molecule has 70 valence electrons. The van der Waals surface area contributed by atoms with E-state index in [0.717, 1.165) is 12.8 Å². The van der Waals surface area contributed by atoms with E-state index in [-0.39, 0.29) is 18.1 Å². The molecule has 1 unspecified atom stereocenters. The van der Waals surface area contributed by atoms with Crippen LogP contribution in [0.4, 0.5) is 0 Å². The molecule has 0 bridgehead atoms. The van der Waals surface area contributed by atoms with Gasteiger partial charge in [-0.3, -0.25) is 0 Å². The Morgan fingerprint density at radius 3 is 2.25 bits per heavy atom. The Labute approximate surface area is 74.5 Å².